The van der Waals surface area contributed by atoms with Crippen molar-refractivity contribution in [3.63, 3.8) is 0 Å². The van der Waals surface area contributed by atoms with Gasteiger partial charge in [-0.05, 0) is 48.1 Å². The van der Waals surface area contributed by atoms with Gasteiger partial charge in [0.15, 0.2) is 5.69 Å². The van der Waals surface area contributed by atoms with Gasteiger partial charge in [0.2, 0.25) is 0 Å². The molecule has 0 radical (unpaired) electrons. The first-order valence-corrected chi connectivity index (χ1v) is 10.0. The number of nitrogens with one attached hydrogen (secondary N) is 1. The van der Waals surface area contributed by atoms with Gasteiger partial charge in [0.25, 0.3) is 5.91 Å². The fourth-order valence-electron chi connectivity index (χ4n) is 4.32. The zero-order valence-electron chi connectivity index (χ0n) is 16.4. The van der Waals surface area contributed by atoms with E-state index in [2.05, 4.69) is 27.3 Å². The maximum Gasteiger partial charge on any atom is 0.274 e. The third-order valence-electron chi connectivity index (χ3n) is 5.87. The molecule has 146 valence electrons. The quantitative estimate of drug-likeness (QED) is 0.580. The molecular formula is C23H23N5O. The average molecular weight is 385 g/mol. The second kappa shape index (κ2) is 7.20. The molecular weight excluding hydrogens is 362 g/mol. The molecule has 1 aliphatic heterocycles. The van der Waals surface area contributed by atoms with E-state index in [9.17, 15) is 4.79 Å². The molecule has 0 bridgehead atoms. The first-order valence-electron chi connectivity index (χ1n) is 10.0. The number of hydrogen-bond acceptors (Lipinski definition) is 3. The van der Waals surface area contributed by atoms with Crippen molar-refractivity contribution in [2.75, 3.05) is 13.1 Å². The standard InChI is InChI=1S/C23H23N5O/c1-27-21(17-6-3-2-4-7-17)14-20(26-27)23(29)28-12-9-16(10-13-28)19-15-25-22-18(19)8-5-11-24-22/h2-8,11,14-16H,9-10,12-13H2,1H3,(H,24,25). The van der Waals surface area contributed by atoms with Crippen LogP contribution in [0.15, 0.2) is 60.9 Å². The number of H-pyrrole nitrogens is 1. The second-order valence-corrected chi connectivity index (χ2v) is 7.61. The molecule has 1 N–H and O–H groups in total. The van der Waals surface area contributed by atoms with E-state index in [1.165, 1.54) is 10.9 Å². The minimum Gasteiger partial charge on any atom is -0.346 e. The van der Waals surface area contributed by atoms with Gasteiger partial charge in [-0.15, -0.1) is 0 Å². The van der Waals surface area contributed by atoms with Crippen molar-refractivity contribution in [1.82, 2.24) is 24.6 Å². The van der Waals surface area contributed by atoms with Crippen LogP contribution in [0.5, 0.6) is 0 Å². The van der Waals surface area contributed by atoms with Gasteiger partial charge in [-0.25, -0.2) is 4.98 Å². The van der Waals surface area contributed by atoms with Gasteiger partial charge in [-0.1, -0.05) is 30.3 Å². The minimum absolute atomic E-state index is 0.0156. The fraction of sp³-hybridized carbons (Fsp3) is 0.261. The summed E-state index contributed by atoms with van der Waals surface area (Å²) < 4.78 is 1.79. The second-order valence-electron chi connectivity index (χ2n) is 7.61. The van der Waals surface area contributed by atoms with E-state index in [0.717, 1.165) is 42.8 Å². The highest BCUT2D eigenvalue weighted by molar-refractivity contribution is 5.93. The van der Waals surface area contributed by atoms with Crippen LogP contribution in [-0.2, 0) is 7.05 Å². The third kappa shape index (κ3) is 3.20. The molecule has 6 heteroatoms. The van der Waals surface area contributed by atoms with Crippen molar-refractivity contribution in [3.8, 4) is 11.3 Å². The van der Waals surface area contributed by atoms with Gasteiger partial charge >= 0.3 is 0 Å². The summed E-state index contributed by atoms with van der Waals surface area (Å²) in [5.41, 5.74) is 4.77. The van der Waals surface area contributed by atoms with E-state index in [-0.39, 0.29) is 5.91 Å². The molecule has 0 aliphatic carbocycles. The zero-order chi connectivity index (χ0) is 19.8. The Balaban J connectivity index is 1.31. The molecule has 4 aromatic rings. The lowest BCUT2D eigenvalue weighted by Gasteiger charge is -2.31. The van der Waals surface area contributed by atoms with Crippen LogP contribution < -0.4 is 0 Å². The van der Waals surface area contributed by atoms with Crippen LogP contribution in [-0.4, -0.2) is 43.6 Å². The zero-order valence-corrected chi connectivity index (χ0v) is 16.4. The lowest BCUT2D eigenvalue weighted by atomic mass is 9.89. The summed E-state index contributed by atoms with van der Waals surface area (Å²) in [6.07, 6.45) is 5.78. The summed E-state index contributed by atoms with van der Waals surface area (Å²) in [5.74, 6) is 0.461. The number of pyridine rings is 1. The molecule has 6 nitrogen and oxygen atoms in total. The number of aromatic amines is 1. The molecule has 1 fully saturated rings. The summed E-state index contributed by atoms with van der Waals surface area (Å²) in [7, 11) is 1.89. The van der Waals surface area contributed by atoms with E-state index in [0.29, 0.717) is 11.6 Å². The summed E-state index contributed by atoms with van der Waals surface area (Å²) in [5, 5.41) is 5.67. The lowest BCUT2D eigenvalue weighted by Crippen LogP contribution is -2.38. The number of rotatable bonds is 3. The third-order valence-corrected chi connectivity index (χ3v) is 5.87. The van der Waals surface area contributed by atoms with Crippen LogP contribution in [0.25, 0.3) is 22.3 Å². The van der Waals surface area contributed by atoms with Crippen molar-refractivity contribution < 1.29 is 4.79 Å². The number of carbonyl (C=O) groups is 1. The predicted molar refractivity (Wildman–Crippen MR) is 113 cm³/mol. The number of aromatic nitrogens is 4. The van der Waals surface area contributed by atoms with Crippen molar-refractivity contribution >= 4 is 16.9 Å². The molecule has 1 aromatic carbocycles. The van der Waals surface area contributed by atoms with Crippen LogP contribution >= 0.6 is 0 Å². The van der Waals surface area contributed by atoms with Crippen molar-refractivity contribution in [2.45, 2.75) is 18.8 Å². The maximum atomic E-state index is 13.0. The van der Waals surface area contributed by atoms with Crippen LogP contribution in [0.4, 0.5) is 0 Å². The van der Waals surface area contributed by atoms with E-state index >= 15 is 0 Å². The molecule has 1 aliphatic rings. The van der Waals surface area contributed by atoms with Gasteiger partial charge in [0.1, 0.15) is 5.65 Å². The van der Waals surface area contributed by atoms with Crippen LogP contribution in [0.2, 0.25) is 0 Å². The molecule has 4 heterocycles. The molecule has 3 aromatic heterocycles. The normalized spacial score (nSPS) is 15.1. The Hall–Kier alpha value is -3.41. The summed E-state index contributed by atoms with van der Waals surface area (Å²) in [6, 6.07) is 16.0. The Kier molecular flexibility index (Phi) is 4.39. The number of amides is 1. The fourth-order valence-corrected chi connectivity index (χ4v) is 4.32. The molecule has 5 rings (SSSR count). The van der Waals surface area contributed by atoms with E-state index in [4.69, 9.17) is 0 Å². The topological polar surface area (TPSA) is 66.8 Å². The molecule has 29 heavy (non-hydrogen) atoms. The van der Waals surface area contributed by atoms with E-state index in [1.54, 1.807) is 10.9 Å². The highest BCUT2D eigenvalue weighted by Gasteiger charge is 2.27. The number of carbonyl (C=O) groups excluding carboxylic acids is 1. The number of fused-ring (bicyclic) bond motifs is 1. The summed E-state index contributed by atoms with van der Waals surface area (Å²) in [6.45, 7) is 1.49. The number of nitrogens with zero attached hydrogens (tertiary/aromatic N) is 4. The Morgan fingerprint density at radius 2 is 1.90 bits per heavy atom. The maximum absolute atomic E-state index is 13.0. The molecule has 0 atom stereocenters. The Morgan fingerprint density at radius 3 is 2.69 bits per heavy atom. The van der Waals surface area contributed by atoms with Crippen LogP contribution in [0, 0.1) is 0 Å². The Bertz CT molecular complexity index is 1150. The van der Waals surface area contributed by atoms with E-state index in [1.807, 2.05) is 54.4 Å². The average Bonchev–Trinajstić information content (AvgIpc) is 3.38. The number of hydrogen-bond donors (Lipinski definition) is 1. The summed E-state index contributed by atoms with van der Waals surface area (Å²) in [4.78, 5) is 22.6. The highest BCUT2D eigenvalue weighted by atomic mass is 16.2. The number of benzene rings is 1. The molecule has 0 unspecified atom stereocenters. The van der Waals surface area contributed by atoms with Crippen molar-refractivity contribution in [3.05, 3.63) is 72.2 Å². The lowest BCUT2D eigenvalue weighted by molar-refractivity contribution is 0.0706. The van der Waals surface area contributed by atoms with Gasteiger partial charge < -0.3 is 9.88 Å². The van der Waals surface area contributed by atoms with Crippen molar-refractivity contribution in [1.29, 1.82) is 0 Å². The van der Waals surface area contributed by atoms with Gasteiger partial charge in [0, 0.05) is 37.9 Å². The Labute approximate surface area is 169 Å². The van der Waals surface area contributed by atoms with Crippen LogP contribution in [0.1, 0.15) is 34.8 Å². The predicted octanol–water partition coefficient (Wildman–Crippen LogP) is 3.98. The number of likely N-dealkylation sites (tertiary alicyclic amines) is 1. The summed E-state index contributed by atoms with van der Waals surface area (Å²) >= 11 is 0. The smallest absolute Gasteiger partial charge is 0.274 e. The molecule has 0 saturated carbocycles. The number of piperidine rings is 1. The minimum atomic E-state index is 0.0156. The highest BCUT2D eigenvalue weighted by Crippen LogP contribution is 2.33. The van der Waals surface area contributed by atoms with Gasteiger partial charge in [-0.2, -0.15) is 5.10 Å². The van der Waals surface area contributed by atoms with E-state index < -0.39 is 0 Å². The van der Waals surface area contributed by atoms with Crippen molar-refractivity contribution in [2.24, 2.45) is 7.05 Å². The first-order chi connectivity index (χ1) is 14.2. The largest absolute Gasteiger partial charge is 0.346 e. The van der Waals surface area contributed by atoms with Crippen LogP contribution in [0.3, 0.4) is 0 Å². The Morgan fingerprint density at radius 1 is 1.10 bits per heavy atom. The molecule has 1 amide bonds. The van der Waals surface area contributed by atoms with Gasteiger partial charge in [-0.3, -0.25) is 9.48 Å². The number of aryl methyl sites for hydroxylation is 1. The molecule has 0 spiro atoms. The SMILES string of the molecule is Cn1nc(C(=O)N2CCC(c3c[nH]c4ncccc34)CC2)cc1-c1ccccc1. The molecule has 1 saturated heterocycles. The van der Waals surface area contributed by atoms with Gasteiger partial charge in [0.05, 0.1) is 5.69 Å². The first kappa shape index (κ1) is 17.7. The monoisotopic (exact) mass is 385 g/mol.